The lowest BCUT2D eigenvalue weighted by molar-refractivity contribution is -0.137. The second kappa shape index (κ2) is 10.5. The van der Waals surface area contributed by atoms with Crippen molar-refractivity contribution >= 4 is 11.7 Å². The molecule has 4 heterocycles. The Labute approximate surface area is 213 Å². The lowest BCUT2D eigenvalue weighted by Crippen LogP contribution is -2.52. The third kappa shape index (κ3) is 5.57. The summed E-state index contributed by atoms with van der Waals surface area (Å²) in [6.07, 6.45) is -1.40. The minimum atomic E-state index is -4.40. The van der Waals surface area contributed by atoms with E-state index in [9.17, 15) is 22.4 Å². The number of hydrogen-bond acceptors (Lipinski definition) is 6. The van der Waals surface area contributed by atoms with Crippen molar-refractivity contribution in [3.05, 3.63) is 52.5 Å². The minimum absolute atomic E-state index is 0.121. The van der Waals surface area contributed by atoms with Gasteiger partial charge in [-0.1, -0.05) is 6.07 Å². The van der Waals surface area contributed by atoms with Gasteiger partial charge in [-0.2, -0.15) is 13.2 Å². The van der Waals surface area contributed by atoms with Crippen LogP contribution >= 0.6 is 0 Å². The Balaban J connectivity index is 1.25. The van der Waals surface area contributed by atoms with Crippen LogP contribution in [0, 0.1) is 6.92 Å². The van der Waals surface area contributed by atoms with E-state index in [1.165, 1.54) is 12.4 Å². The molecule has 3 aliphatic heterocycles. The number of hydrogen-bond donors (Lipinski definition) is 1. The number of ether oxygens (including phenoxy) is 1. The number of carbonyl (C=O) groups excluding carboxylic acids is 1. The Kier molecular flexibility index (Phi) is 7.35. The molecule has 5 rings (SSSR count). The highest BCUT2D eigenvalue weighted by Crippen LogP contribution is 2.33. The Bertz CT molecular complexity index is 1140. The van der Waals surface area contributed by atoms with Gasteiger partial charge in [0, 0.05) is 50.4 Å². The molecule has 2 atom stereocenters. The van der Waals surface area contributed by atoms with E-state index in [1.54, 1.807) is 17.9 Å². The van der Waals surface area contributed by atoms with E-state index in [0.29, 0.717) is 61.7 Å². The fourth-order valence-electron chi connectivity index (χ4n) is 5.48. The number of rotatable bonds is 4. The molecular weight excluding hydrogens is 490 g/mol. The molecule has 1 aromatic carbocycles. The SMILES string of the molecule is Cc1c(C(=O)N2CCC(NC3CCOCC3F)CC2)ncnc1N1CCc2ccc(C(F)(F)F)cc2C1. The van der Waals surface area contributed by atoms with E-state index in [4.69, 9.17) is 4.74 Å². The van der Waals surface area contributed by atoms with Crippen LogP contribution in [0.25, 0.3) is 0 Å². The molecule has 0 bridgehead atoms. The maximum Gasteiger partial charge on any atom is 0.416 e. The summed E-state index contributed by atoms with van der Waals surface area (Å²) in [6.45, 7) is 4.39. The third-order valence-corrected chi connectivity index (χ3v) is 7.62. The number of nitrogens with one attached hydrogen (secondary N) is 1. The van der Waals surface area contributed by atoms with Crippen LogP contribution in [0.1, 0.15) is 52.0 Å². The van der Waals surface area contributed by atoms with Crippen molar-refractivity contribution < 1.29 is 27.1 Å². The maximum absolute atomic E-state index is 14.1. The van der Waals surface area contributed by atoms with Crippen LogP contribution in [0.15, 0.2) is 24.5 Å². The first-order valence-corrected chi connectivity index (χ1v) is 12.7. The highest BCUT2D eigenvalue weighted by molar-refractivity contribution is 5.94. The van der Waals surface area contributed by atoms with Crippen LogP contribution < -0.4 is 10.2 Å². The van der Waals surface area contributed by atoms with Crippen LogP contribution in [0.5, 0.6) is 0 Å². The van der Waals surface area contributed by atoms with E-state index in [-0.39, 0.29) is 31.1 Å². The van der Waals surface area contributed by atoms with Gasteiger partial charge in [0.15, 0.2) is 0 Å². The van der Waals surface area contributed by atoms with E-state index in [0.717, 1.165) is 24.5 Å². The molecule has 11 heteroatoms. The largest absolute Gasteiger partial charge is 0.416 e. The van der Waals surface area contributed by atoms with Crippen molar-refractivity contribution in [1.82, 2.24) is 20.2 Å². The lowest BCUT2D eigenvalue weighted by Gasteiger charge is -2.36. The molecule has 0 radical (unpaired) electrons. The van der Waals surface area contributed by atoms with Gasteiger partial charge in [-0.05, 0) is 55.9 Å². The molecular formula is C26H31F4N5O2. The summed E-state index contributed by atoms with van der Waals surface area (Å²) in [7, 11) is 0. The first-order valence-electron chi connectivity index (χ1n) is 12.7. The second-order valence-electron chi connectivity index (χ2n) is 10.0. The van der Waals surface area contributed by atoms with Gasteiger partial charge in [-0.3, -0.25) is 4.79 Å². The summed E-state index contributed by atoms with van der Waals surface area (Å²) in [5.41, 5.74) is 1.76. The first-order chi connectivity index (χ1) is 17.7. The minimum Gasteiger partial charge on any atom is -0.378 e. The van der Waals surface area contributed by atoms with Crippen LogP contribution in [0.4, 0.5) is 23.4 Å². The van der Waals surface area contributed by atoms with Gasteiger partial charge < -0.3 is 19.9 Å². The maximum atomic E-state index is 14.1. The number of piperidine rings is 1. The number of benzene rings is 1. The number of halogens is 4. The number of nitrogens with zero attached hydrogens (tertiary/aromatic N) is 4. The third-order valence-electron chi connectivity index (χ3n) is 7.62. The van der Waals surface area contributed by atoms with Gasteiger partial charge >= 0.3 is 6.18 Å². The topological polar surface area (TPSA) is 70.6 Å². The summed E-state index contributed by atoms with van der Waals surface area (Å²) in [4.78, 5) is 25.7. The Morgan fingerprint density at radius 1 is 1.11 bits per heavy atom. The van der Waals surface area contributed by atoms with Crippen molar-refractivity contribution in [2.45, 2.75) is 63.6 Å². The number of anilines is 1. The van der Waals surface area contributed by atoms with Gasteiger partial charge in [-0.25, -0.2) is 14.4 Å². The van der Waals surface area contributed by atoms with Gasteiger partial charge in [0.25, 0.3) is 5.91 Å². The van der Waals surface area contributed by atoms with E-state index in [2.05, 4.69) is 15.3 Å². The van der Waals surface area contributed by atoms with Gasteiger partial charge in [0.05, 0.1) is 12.2 Å². The zero-order valence-corrected chi connectivity index (χ0v) is 20.7. The fraction of sp³-hybridized carbons (Fsp3) is 0.577. The van der Waals surface area contributed by atoms with Crippen LogP contribution in [-0.4, -0.2) is 71.9 Å². The van der Waals surface area contributed by atoms with Crippen molar-refractivity contribution in [1.29, 1.82) is 0 Å². The van der Waals surface area contributed by atoms with Gasteiger partial charge in [0.1, 0.15) is 24.0 Å². The number of amides is 1. The zero-order chi connectivity index (χ0) is 26.2. The fourth-order valence-corrected chi connectivity index (χ4v) is 5.48. The monoisotopic (exact) mass is 521 g/mol. The highest BCUT2D eigenvalue weighted by atomic mass is 19.4. The second-order valence-corrected chi connectivity index (χ2v) is 10.0. The molecule has 2 unspecified atom stereocenters. The number of carbonyl (C=O) groups is 1. The van der Waals surface area contributed by atoms with Crippen molar-refractivity contribution in [3.63, 3.8) is 0 Å². The van der Waals surface area contributed by atoms with Crippen molar-refractivity contribution in [3.8, 4) is 0 Å². The standard InChI is InChI=1S/C26H31F4N5O2/c1-16-23(25(36)34-9-5-20(6-10-34)33-22-7-11-37-14-21(22)27)31-15-32-24(16)35-8-4-17-2-3-19(26(28,29)30)12-18(17)13-35/h2-3,12,15,20-22,33H,4-11,13-14H2,1H3. The van der Waals surface area contributed by atoms with Crippen molar-refractivity contribution in [2.24, 2.45) is 0 Å². The number of alkyl halides is 4. The Morgan fingerprint density at radius 2 is 1.89 bits per heavy atom. The zero-order valence-electron chi connectivity index (χ0n) is 20.7. The molecule has 37 heavy (non-hydrogen) atoms. The molecule has 0 spiro atoms. The molecule has 3 aliphatic rings. The lowest BCUT2D eigenvalue weighted by atomic mass is 9.96. The Morgan fingerprint density at radius 3 is 2.62 bits per heavy atom. The molecule has 2 aromatic rings. The highest BCUT2D eigenvalue weighted by Gasteiger charge is 2.33. The predicted molar refractivity (Wildman–Crippen MR) is 129 cm³/mol. The number of fused-ring (bicyclic) bond motifs is 1. The van der Waals surface area contributed by atoms with Crippen LogP contribution in [-0.2, 0) is 23.9 Å². The van der Waals surface area contributed by atoms with E-state index >= 15 is 0 Å². The van der Waals surface area contributed by atoms with Crippen LogP contribution in [0.3, 0.4) is 0 Å². The smallest absolute Gasteiger partial charge is 0.378 e. The first kappa shape index (κ1) is 25.8. The molecule has 0 aliphatic carbocycles. The molecule has 2 saturated heterocycles. The number of likely N-dealkylation sites (tertiary alicyclic amines) is 1. The molecule has 200 valence electrons. The van der Waals surface area contributed by atoms with Gasteiger partial charge in [-0.15, -0.1) is 0 Å². The summed E-state index contributed by atoms with van der Waals surface area (Å²) in [5.74, 6) is 0.372. The number of aromatic nitrogens is 2. The molecule has 2 fully saturated rings. The van der Waals surface area contributed by atoms with E-state index in [1.807, 2.05) is 4.90 Å². The average Bonchev–Trinajstić information content (AvgIpc) is 2.89. The molecule has 7 nitrogen and oxygen atoms in total. The molecule has 1 amide bonds. The molecule has 1 aromatic heterocycles. The molecule has 1 N–H and O–H groups in total. The normalized spacial score (nSPS) is 23.2. The van der Waals surface area contributed by atoms with Gasteiger partial charge in [0.2, 0.25) is 0 Å². The average molecular weight is 522 g/mol. The van der Waals surface area contributed by atoms with Crippen molar-refractivity contribution in [2.75, 3.05) is 37.7 Å². The van der Waals surface area contributed by atoms with Crippen LogP contribution in [0.2, 0.25) is 0 Å². The summed E-state index contributed by atoms with van der Waals surface area (Å²) >= 11 is 0. The quantitative estimate of drug-likeness (QED) is 0.619. The predicted octanol–water partition coefficient (Wildman–Crippen LogP) is 3.69. The summed E-state index contributed by atoms with van der Waals surface area (Å²) < 4.78 is 58.9. The summed E-state index contributed by atoms with van der Waals surface area (Å²) in [6, 6.07) is 3.80. The van der Waals surface area contributed by atoms with E-state index < -0.39 is 17.9 Å². The Hall–Kier alpha value is -2.79. The molecule has 0 saturated carbocycles. The summed E-state index contributed by atoms with van der Waals surface area (Å²) in [5, 5.41) is 3.40.